The Kier molecular flexibility index (Phi) is 5.83. The van der Waals surface area contributed by atoms with Crippen LogP contribution in [0.5, 0.6) is 0 Å². The number of nitrogens with one attached hydrogen (secondary N) is 1. The first-order chi connectivity index (χ1) is 17.6. The summed E-state index contributed by atoms with van der Waals surface area (Å²) in [6, 6.07) is 25.0. The van der Waals surface area contributed by atoms with Gasteiger partial charge >= 0.3 is 0 Å². The first-order valence-corrected chi connectivity index (χ1v) is 12.5. The summed E-state index contributed by atoms with van der Waals surface area (Å²) < 4.78 is 20.3. The molecule has 0 spiro atoms. The molecule has 36 heavy (non-hydrogen) atoms. The highest BCUT2D eigenvalue weighted by Crippen LogP contribution is 2.34. The van der Waals surface area contributed by atoms with Crippen molar-refractivity contribution in [1.82, 2.24) is 10.3 Å². The number of para-hydroxylation sites is 1. The third-order valence-corrected chi connectivity index (χ3v) is 6.98. The van der Waals surface area contributed by atoms with Gasteiger partial charge in [-0.1, -0.05) is 71.9 Å². The van der Waals surface area contributed by atoms with Crippen LogP contribution < -0.4 is 15.9 Å². The standard InChI is InChI=1S/C27H18ClFN4O2S/c28-18-8-5-7-16(14-18)22-12-13-23(35-22)25-30-21-11-4-2-9-19(21)24-26(34)31-27(32-33(24)25)36-15-17-6-1-3-10-20(17)29/h1-14,25H,15H2,(H,31,32,34)/t25-/m0/s1. The van der Waals surface area contributed by atoms with Crippen LogP contribution in [-0.4, -0.2) is 16.1 Å². The Balaban J connectivity index is 1.40. The van der Waals surface area contributed by atoms with Crippen LogP contribution in [0.3, 0.4) is 0 Å². The minimum Gasteiger partial charge on any atom is -0.457 e. The average Bonchev–Trinajstić information content (AvgIpc) is 3.38. The highest BCUT2D eigenvalue weighted by molar-refractivity contribution is 8.13. The summed E-state index contributed by atoms with van der Waals surface area (Å²) in [5.74, 6) is 0.850. The zero-order valence-electron chi connectivity index (χ0n) is 18.7. The Morgan fingerprint density at radius 3 is 2.72 bits per heavy atom. The minimum absolute atomic E-state index is 0.302. The molecule has 6 nitrogen and oxygen atoms in total. The van der Waals surface area contributed by atoms with Crippen LogP contribution in [0.2, 0.25) is 5.02 Å². The van der Waals surface area contributed by atoms with Gasteiger partial charge in [-0.15, -0.1) is 5.10 Å². The monoisotopic (exact) mass is 516 g/mol. The van der Waals surface area contributed by atoms with Crippen molar-refractivity contribution in [3.8, 4) is 11.3 Å². The largest absolute Gasteiger partial charge is 0.457 e. The number of rotatable bonds is 4. The van der Waals surface area contributed by atoms with Crippen LogP contribution in [0.1, 0.15) is 17.5 Å². The van der Waals surface area contributed by atoms with Gasteiger partial charge in [0, 0.05) is 21.6 Å². The number of amides is 1. The van der Waals surface area contributed by atoms with Crippen LogP contribution in [0.25, 0.3) is 17.0 Å². The van der Waals surface area contributed by atoms with E-state index in [9.17, 15) is 9.18 Å². The molecule has 0 radical (unpaired) electrons. The lowest BCUT2D eigenvalue weighted by molar-refractivity contribution is -0.116. The van der Waals surface area contributed by atoms with Crippen molar-refractivity contribution in [1.29, 1.82) is 0 Å². The molecule has 2 aliphatic rings. The predicted octanol–water partition coefficient (Wildman–Crippen LogP) is 4.82. The van der Waals surface area contributed by atoms with Crippen LogP contribution in [-0.2, 0) is 10.5 Å². The molecular formula is C27H18ClFN4O2S. The summed E-state index contributed by atoms with van der Waals surface area (Å²) in [5, 5.41) is 11.4. The normalized spacial score (nSPS) is 16.6. The molecule has 1 amide bonds. The summed E-state index contributed by atoms with van der Waals surface area (Å²) in [6.07, 6.45) is -0.696. The molecule has 0 aliphatic carbocycles. The van der Waals surface area contributed by atoms with Crippen molar-refractivity contribution < 1.29 is 13.6 Å². The van der Waals surface area contributed by atoms with Crippen molar-refractivity contribution in [3.05, 3.63) is 118 Å². The van der Waals surface area contributed by atoms with E-state index in [1.165, 1.54) is 17.8 Å². The lowest BCUT2D eigenvalue weighted by Gasteiger charge is -2.32. The zero-order chi connectivity index (χ0) is 24.6. The van der Waals surface area contributed by atoms with Gasteiger partial charge in [-0.25, -0.2) is 14.4 Å². The fraction of sp³-hybridized carbons (Fsp3) is 0.0741. The maximum absolute atomic E-state index is 14.1. The molecule has 3 aromatic carbocycles. The molecular weight excluding hydrogens is 499 g/mol. The number of thioether (sulfide) groups is 1. The van der Waals surface area contributed by atoms with Crippen LogP contribution in [0.15, 0.2) is 99.4 Å². The molecule has 0 fully saturated rings. The lowest BCUT2D eigenvalue weighted by Crippen LogP contribution is -2.50. The Morgan fingerprint density at radius 2 is 1.86 bits per heavy atom. The van der Waals surface area contributed by atoms with E-state index in [1.807, 2.05) is 54.6 Å². The number of amidine groups is 1. The lowest BCUT2D eigenvalue weighted by atomic mass is 10.1. The molecule has 1 N–H and O–H groups in total. The first-order valence-electron chi connectivity index (χ1n) is 11.1. The number of fused-ring (bicyclic) bond motifs is 2. The number of hydrogen-bond acceptors (Lipinski definition) is 6. The van der Waals surface area contributed by atoms with Crippen LogP contribution >= 0.6 is 23.4 Å². The average molecular weight is 517 g/mol. The number of furan rings is 1. The minimum atomic E-state index is -0.696. The number of hydrogen-bond donors (Lipinski definition) is 1. The summed E-state index contributed by atoms with van der Waals surface area (Å²) in [6.45, 7) is 0. The summed E-state index contributed by atoms with van der Waals surface area (Å²) in [7, 11) is 0. The summed E-state index contributed by atoms with van der Waals surface area (Å²) in [4.78, 5) is 18.1. The Bertz CT molecular complexity index is 1650. The second-order valence-corrected chi connectivity index (χ2v) is 9.57. The molecule has 2 aliphatic heterocycles. The molecule has 0 saturated carbocycles. The van der Waals surface area contributed by atoms with Gasteiger partial charge in [-0.3, -0.25) is 10.1 Å². The molecule has 1 aromatic heterocycles. The van der Waals surface area contributed by atoms with Crippen LogP contribution in [0.4, 0.5) is 4.39 Å². The van der Waals surface area contributed by atoms with Gasteiger partial charge in [0.15, 0.2) is 10.9 Å². The highest BCUT2D eigenvalue weighted by atomic mass is 35.5. The van der Waals surface area contributed by atoms with E-state index in [4.69, 9.17) is 26.1 Å². The highest BCUT2D eigenvalue weighted by Gasteiger charge is 2.36. The molecule has 3 heterocycles. The third kappa shape index (κ3) is 4.19. The maximum atomic E-state index is 14.1. The smallest absolute Gasteiger partial charge is 0.276 e. The molecule has 0 bridgehead atoms. The second-order valence-electron chi connectivity index (χ2n) is 8.16. The number of hydrazone groups is 1. The van der Waals surface area contributed by atoms with Gasteiger partial charge in [0.2, 0.25) is 6.17 Å². The fourth-order valence-electron chi connectivity index (χ4n) is 4.13. The SMILES string of the molecule is O=C1NC(SCc2ccccc2F)=NN2C1=c1ccccc1=N[C@@H]2c1ccc(-c2cccc(Cl)c2)o1. The van der Waals surface area contributed by atoms with Gasteiger partial charge in [-0.05, 0) is 42.0 Å². The summed E-state index contributed by atoms with van der Waals surface area (Å²) >= 11 is 7.40. The van der Waals surface area contributed by atoms with Gasteiger partial charge in [0.05, 0.1) is 5.36 Å². The van der Waals surface area contributed by atoms with Gasteiger partial charge in [-0.2, -0.15) is 0 Å². The van der Waals surface area contributed by atoms with Crippen molar-refractivity contribution in [2.24, 2.45) is 10.1 Å². The topological polar surface area (TPSA) is 70.2 Å². The molecule has 0 unspecified atom stereocenters. The molecule has 9 heteroatoms. The van der Waals surface area contributed by atoms with E-state index < -0.39 is 6.17 Å². The van der Waals surface area contributed by atoms with E-state index in [-0.39, 0.29) is 11.7 Å². The first kappa shape index (κ1) is 22.6. The number of carbonyl (C=O) groups excluding carboxylic acids is 1. The molecule has 4 aromatic rings. The number of nitrogens with zero attached hydrogens (tertiary/aromatic N) is 3. The van der Waals surface area contributed by atoms with Gasteiger partial charge in [0.25, 0.3) is 5.91 Å². The van der Waals surface area contributed by atoms with E-state index in [0.717, 1.165) is 5.56 Å². The fourth-order valence-corrected chi connectivity index (χ4v) is 5.16. The zero-order valence-corrected chi connectivity index (χ0v) is 20.3. The Hall–Kier alpha value is -3.88. The Morgan fingerprint density at radius 1 is 1.03 bits per heavy atom. The molecule has 0 saturated heterocycles. The van der Waals surface area contributed by atoms with Crippen molar-refractivity contribution in [2.45, 2.75) is 11.9 Å². The van der Waals surface area contributed by atoms with Gasteiger partial charge < -0.3 is 4.42 Å². The third-order valence-electron chi connectivity index (χ3n) is 5.83. The summed E-state index contributed by atoms with van der Waals surface area (Å²) in [5.41, 5.74) is 1.73. The molecule has 6 rings (SSSR count). The number of carbonyl (C=O) groups is 1. The second kappa shape index (κ2) is 9.29. The van der Waals surface area contributed by atoms with Crippen molar-refractivity contribution in [3.63, 3.8) is 0 Å². The van der Waals surface area contributed by atoms with E-state index in [0.29, 0.717) is 49.3 Å². The van der Waals surface area contributed by atoms with E-state index in [2.05, 4.69) is 5.32 Å². The van der Waals surface area contributed by atoms with Crippen molar-refractivity contribution in [2.75, 3.05) is 0 Å². The maximum Gasteiger partial charge on any atom is 0.276 e. The quantitative estimate of drug-likeness (QED) is 0.422. The Labute approximate surface area is 214 Å². The molecule has 178 valence electrons. The van der Waals surface area contributed by atoms with E-state index in [1.54, 1.807) is 29.3 Å². The molecule has 1 atom stereocenters. The van der Waals surface area contributed by atoms with Gasteiger partial charge in [0.1, 0.15) is 17.3 Å². The van der Waals surface area contributed by atoms with Crippen LogP contribution in [0, 0.1) is 5.82 Å². The predicted molar refractivity (Wildman–Crippen MR) is 138 cm³/mol. The van der Waals surface area contributed by atoms with E-state index >= 15 is 0 Å². The number of benzene rings is 3. The van der Waals surface area contributed by atoms with Crippen molar-refractivity contribution >= 4 is 40.1 Å². The number of halogens is 2.